The first-order chi connectivity index (χ1) is 14.5. The van der Waals surface area contributed by atoms with E-state index in [-0.39, 0.29) is 17.7 Å². The molecule has 0 aliphatic heterocycles. The number of para-hydroxylation sites is 1. The zero-order chi connectivity index (χ0) is 22.7. The molecule has 10 heteroatoms. The van der Waals surface area contributed by atoms with Crippen LogP contribution in [0, 0.1) is 0 Å². The van der Waals surface area contributed by atoms with Gasteiger partial charge >= 0.3 is 11.8 Å². The van der Waals surface area contributed by atoms with Gasteiger partial charge in [-0.05, 0) is 48.8 Å². The van der Waals surface area contributed by atoms with Gasteiger partial charge in [0.15, 0.2) is 15.9 Å². The van der Waals surface area contributed by atoms with E-state index in [2.05, 4.69) is 20.9 Å². The van der Waals surface area contributed by atoms with Gasteiger partial charge < -0.3 is 9.30 Å². The van der Waals surface area contributed by atoms with Gasteiger partial charge in [-0.15, -0.1) is 0 Å². The molecule has 0 unspecified atom stereocenters. The molecule has 162 valence electrons. The van der Waals surface area contributed by atoms with Crippen LogP contribution < -0.4 is 11.2 Å². The topological polar surface area (TPSA) is 93.1 Å². The molecule has 0 N–H and O–H groups in total. The summed E-state index contributed by atoms with van der Waals surface area (Å²) < 4.78 is 11.4. The minimum Gasteiger partial charge on any atom is -0.443 e. The van der Waals surface area contributed by atoms with Crippen LogP contribution in [0.5, 0.6) is 0 Å². The number of aromatic nitrogens is 5. The molecule has 0 aliphatic rings. The van der Waals surface area contributed by atoms with E-state index in [1.807, 2.05) is 18.2 Å². The summed E-state index contributed by atoms with van der Waals surface area (Å²) in [5.74, 6) is 0. The van der Waals surface area contributed by atoms with E-state index < -0.39 is 22.9 Å². The summed E-state index contributed by atoms with van der Waals surface area (Å²) in [6, 6.07) is 9.12. The molecular weight excluding hydrogens is 466 g/mol. The SMILES string of the molecule is Cn1c(Br)nc2c1c(=O)n(Cc1cc3ccccc3n1C(=O)OC(C)(C)C)c(=O)n2C. The molecule has 3 heterocycles. The molecule has 0 atom stereocenters. The monoisotopic (exact) mass is 487 g/mol. The maximum absolute atomic E-state index is 13.2. The zero-order valence-corrected chi connectivity index (χ0v) is 19.4. The lowest BCUT2D eigenvalue weighted by atomic mass is 10.2. The Kier molecular flexibility index (Phi) is 4.92. The number of aryl methyl sites for hydroxylation is 2. The molecule has 1 aromatic carbocycles. The molecule has 0 saturated heterocycles. The van der Waals surface area contributed by atoms with Crippen LogP contribution in [-0.4, -0.2) is 34.9 Å². The maximum Gasteiger partial charge on any atom is 0.419 e. The van der Waals surface area contributed by atoms with Crippen molar-refractivity contribution in [3.05, 3.63) is 61.6 Å². The second kappa shape index (κ2) is 7.23. The molecule has 0 bridgehead atoms. The van der Waals surface area contributed by atoms with Crippen LogP contribution in [0.4, 0.5) is 4.79 Å². The van der Waals surface area contributed by atoms with Gasteiger partial charge in [-0.1, -0.05) is 18.2 Å². The first-order valence-corrected chi connectivity index (χ1v) is 10.4. The molecule has 4 rings (SSSR count). The molecule has 0 radical (unpaired) electrons. The van der Waals surface area contributed by atoms with Gasteiger partial charge in [0.2, 0.25) is 0 Å². The van der Waals surface area contributed by atoms with Gasteiger partial charge in [-0.3, -0.25) is 13.9 Å². The number of hydrogen-bond acceptors (Lipinski definition) is 5. The summed E-state index contributed by atoms with van der Waals surface area (Å²) in [7, 11) is 3.25. The minimum absolute atomic E-state index is 0.0990. The average Bonchev–Trinajstić information content (AvgIpc) is 3.19. The highest BCUT2D eigenvalue weighted by Crippen LogP contribution is 2.22. The number of rotatable bonds is 2. The van der Waals surface area contributed by atoms with Gasteiger partial charge in [0, 0.05) is 19.5 Å². The quantitative estimate of drug-likeness (QED) is 0.405. The Bertz CT molecular complexity index is 1470. The molecule has 0 aliphatic carbocycles. The van der Waals surface area contributed by atoms with Gasteiger partial charge in [0.05, 0.1) is 17.8 Å². The fourth-order valence-corrected chi connectivity index (χ4v) is 3.92. The number of ether oxygens (including phenoxy) is 1. The normalized spacial score (nSPS) is 12.1. The number of nitrogens with zero attached hydrogens (tertiary/aromatic N) is 5. The van der Waals surface area contributed by atoms with Gasteiger partial charge in [-0.25, -0.2) is 19.1 Å². The van der Waals surface area contributed by atoms with Crippen LogP contribution in [0.3, 0.4) is 0 Å². The van der Waals surface area contributed by atoms with Crippen LogP contribution in [0.15, 0.2) is 44.7 Å². The van der Waals surface area contributed by atoms with Gasteiger partial charge in [0.1, 0.15) is 5.60 Å². The first kappa shape index (κ1) is 21.1. The zero-order valence-electron chi connectivity index (χ0n) is 17.8. The number of imidazole rings is 1. The highest BCUT2D eigenvalue weighted by Gasteiger charge is 2.24. The lowest BCUT2D eigenvalue weighted by Gasteiger charge is -2.21. The fraction of sp³-hybridized carbons (Fsp3) is 0.333. The molecule has 0 fully saturated rings. The molecule has 0 spiro atoms. The van der Waals surface area contributed by atoms with Crippen LogP contribution in [0.25, 0.3) is 22.1 Å². The summed E-state index contributed by atoms with van der Waals surface area (Å²) in [4.78, 5) is 43.5. The van der Waals surface area contributed by atoms with Crippen molar-refractivity contribution >= 4 is 44.1 Å². The first-order valence-electron chi connectivity index (χ1n) is 9.64. The van der Waals surface area contributed by atoms with Crippen molar-refractivity contribution in [3.63, 3.8) is 0 Å². The molecule has 31 heavy (non-hydrogen) atoms. The van der Waals surface area contributed by atoms with Crippen molar-refractivity contribution in [2.24, 2.45) is 14.1 Å². The van der Waals surface area contributed by atoms with Gasteiger partial charge in [-0.2, -0.15) is 0 Å². The van der Waals surface area contributed by atoms with E-state index in [1.165, 1.54) is 9.13 Å². The van der Waals surface area contributed by atoms with Crippen LogP contribution in [0.2, 0.25) is 0 Å². The minimum atomic E-state index is -0.702. The predicted molar refractivity (Wildman–Crippen MR) is 121 cm³/mol. The van der Waals surface area contributed by atoms with Gasteiger partial charge in [0.25, 0.3) is 5.56 Å². The van der Waals surface area contributed by atoms with Crippen molar-refractivity contribution < 1.29 is 9.53 Å². The van der Waals surface area contributed by atoms with Crippen molar-refractivity contribution in [1.82, 2.24) is 23.3 Å². The fourth-order valence-electron chi connectivity index (χ4n) is 3.57. The van der Waals surface area contributed by atoms with Crippen LogP contribution in [0.1, 0.15) is 26.5 Å². The smallest absolute Gasteiger partial charge is 0.419 e. The Morgan fingerprint density at radius 2 is 1.81 bits per heavy atom. The third-order valence-electron chi connectivity index (χ3n) is 4.99. The Balaban J connectivity index is 1.94. The number of carbonyl (C=O) groups is 1. The average molecular weight is 488 g/mol. The number of halogens is 1. The molecule has 0 saturated carbocycles. The Hall–Kier alpha value is -3.14. The third-order valence-corrected chi connectivity index (χ3v) is 5.70. The molecule has 3 aromatic heterocycles. The summed E-state index contributed by atoms with van der Waals surface area (Å²) in [6.07, 6.45) is -0.571. The number of hydrogen-bond donors (Lipinski definition) is 0. The van der Waals surface area contributed by atoms with Crippen molar-refractivity contribution in [3.8, 4) is 0 Å². The van der Waals surface area contributed by atoms with E-state index in [0.717, 1.165) is 9.95 Å². The number of benzene rings is 1. The van der Waals surface area contributed by atoms with Crippen molar-refractivity contribution in [1.29, 1.82) is 0 Å². The summed E-state index contributed by atoms with van der Waals surface area (Å²) in [5, 5.41) is 0.803. The number of fused-ring (bicyclic) bond motifs is 2. The summed E-state index contributed by atoms with van der Waals surface area (Å²) in [5.41, 5.74) is -0.0330. The Labute approximate surface area is 185 Å². The highest BCUT2D eigenvalue weighted by molar-refractivity contribution is 9.10. The maximum atomic E-state index is 13.2. The van der Waals surface area contributed by atoms with E-state index in [9.17, 15) is 14.4 Å². The van der Waals surface area contributed by atoms with E-state index in [0.29, 0.717) is 15.9 Å². The molecule has 4 aromatic rings. The van der Waals surface area contributed by atoms with E-state index >= 15 is 0 Å². The van der Waals surface area contributed by atoms with Crippen LogP contribution >= 0.6 is 15.9 Å². The second-order valence-electron chi connectivity index (χ2n) is 8.36. The van der Waals surface area contributed by atoms with E-state index in [1.54, 1.807) is 51.6 Å². The van der Waals surface area contributed by atoms with Crippen molar-refractivity contribution in [2.45, 2.75) is 32.9 Å². The molecular formula is C21H22BrN5O4. The van der Waals surface area contributed by atoms with Crippen LogP contribution in [-0.2, 0) is 25.4 Å². The lowest BCUT2D eigenvalue weighted by molar-refractivity contribution is 0.0540. The lowest BCUT2D eigenvalue weighted by Crippen LogP contribution is -2.40. The third kappa shape index (κ3) is 3.50. The Morgan fingerprint density at radius 3 is 2.48 bits per heavy atom. The summed E-state index contributed by atoms with van der Waals surface area (Å²) >= 11 is 3.30. The predicted octanol–water partition coefficient (Wildman–Crippen LogP) is 2.98. The molecule has 9 nitrogen and oxygen atoms in total. The standard InChI is InChI=1S/C21H22BrN5O4/c1-21(2,3)31-20(30)27-13(10-12-8-6-7-9-14(12)27)11-26-17(28)15-16(25(5)19(26)29)23-18(22)24(15)4/h6-10H,11H2,1-5H3. The summed E-state index contributed by atoms with van der Waals surface area (Å²) in [6.45, 7) is 5.25. The van der Waals surface area contributed by atoms with Crippen molar-refractivity contribution in [2.75, 3.05) is 0 Å². The largest absolute Gasteiger partial charge is 0.443 e. The Morgan fingerprint density at radius 1 is 1.13 bits per heavy atom. The molecule has 0 amide bonds. The highest BCUT2D eigenvalue weighted by atomic mass is 79.9. The number of carbonyl (C=O) groups excluding carboxylic acids is 1. The second-order valence-corrected chi connectivity index (χ2v) is 9.06. The van der Waals surface area contributed by atoms with E-state index in [4.69, 9.17) is 4.74 Å².